The van der Waals surface area contributed by atoms with Gasteiger partial charge in [-0.15, -0.1) is 0 Å². The Balaban J connectivity index is 2.46. The topological polar surface area (TPSA) is 65.2 Å². The summed E-state index contributed by atoms with van der Waals surface area (Å²) in [5, 5.41) is 0.849. The molecule has 0 aliphatic carbocycles. The minimum atomic E-state index is -0.590. The number of rotatable bonds is 2. The third kappa shape index (κ3) is 3.29. The first kappa shape index (κ1) is 14.8. The molecule has 0 amide bonds. The van der Waals surface area contributed by atoms with Crippen molar-refractivity contribution in [1.82, 2.24) is 4.98 Å². The molecule has 20 heavy (non-hydrogen) atoms. The number of nitrogen functional groups attached to an aromatic ring is 1. The Morgan fingerprint density at radius 2 is 2.00 bits per heavy atom. The van der Waals surface area contributed by atoms with E-state index in [0.29, 0.717) is 15.0 Å². The van der Waals surface area contributed by atoms with Crippen LogP contribution in [0.1, 0.15) is 31.3 Å². The molecular formula is C14H15ClN2O2S. The minimum absolute atomic E-state index is 0.204. The quantitative estimate of drug-likeness (QED) is 0.851. The predicted molar refractivity (Wildman–Crippen MR) is 82.1 cm³/mol. The molecule has 4 nitrogen and oxygen atoms in total. The van der Waals surface area contributed by atoms with Crippen molar-refractivity contribution in [1.29, 1.82) is 0 Å². The van der Waals surface area contributed by atoms with E-state index in [4.69, 9.17) is 22.1 Å². The number of nitrogens with two attached hydrogens (primary N) is 1. The molecule has 2 aromatic rings. The van der Waals surface area contributed by atoms with Gasteiger partial charge in [-0.25, -0.2) is 9.78 Å². The van der Waals surface area contributed by atoms with E-state index in [1.807, 2.05) is 18.2 Å². The molecule has 0 bridgehead atoms. The number of hydrogen-bond acceptors (Lipinski definition) is 5. The molecule has 2 N–H and O–H groups in total. The van der Waals surface area contributed by atoms with Crippen LogP contribution in [0.4, 0.5) is 5.13 Å². The monoisotopic (exact) mass is 310 g/mol. The lowest BCUT2D eigenvalue weighted by molar-refractivity contribution is 0.00647. The lowest BCUT2D eigenvalue weighted by Gasteiger charge is -2.19. The van der Waals surface area contributed by atoms with E-state index in [1.54, 1.807) is 26.8 Å². The molecule has 0 spiro atoms. The summed E-state index contributed by atoms with van der Waals surface area (Å²) in [4.78, 5) is 16.9. The molecule has 0 fully saturated rings. The van der Waals surface area contributed by atoms with E-state index in [2.05, 4.69) is 4.98 Å². The molecule has 0 unspecified atom stereocenters. The third-order valence-electron chi connectivity index (χ3n) is 2.35. The van der Waals surface area contributed by atoms with Crippen LogP contribution in [-0.4, -0.2) is 16.6 Å². The van der Waals surface area contributed by atoms with Gasteiger partial charge in [-0.2, -0.15) is 0 Å². The summed E-state index contributed by atoms with van der Waals surface area (Å²) in [6.07, 6.45) is 0. The number of carbonyl (C=O) groups excluding carboxylic acids is 1. The average Bonchev–Trinajstić information content (AvgIpc) is 2.69. The Kier molecular flexibility index (Phi) is 4.01. The van der Waals surface area contributed by atoms with Crippen molar-refractivity contribution in [3.63, 3.8) is 0 Å². The Hall–Kier alpha value is -1.59. The summed E-state index contributed by atoms with van der Waals surface area (Å²) in [5.41, 5.74) is 6.07. The van der Waals surface area contributed by atoms with Gasteiger partial charge in [-0.3, -0.25) is 0 Å². The first-order chi connectivity index (χ1) is 9.28. The fraction of sp³-hybridized carbons (Fsp3) is 0.286. The summed E-state index contributed by atoms with van der Waals surface area (Å²) < 4.78 is 5.35. The molecule has 2 rings (SSSR count). The highest BCUT2D eigenvalue weighted by Gasteiger charge is 2.25. The van der Waals surface area contributed by atoms with Crippen LogP contribution in [0.25, 0.3) is 10.4 Å². The zero-order valence-corrected chi connectivity index (χ0v) is 13.0. The fourth-order valence-corrected chi connectivity index (χ4v) is 2.78. The van der Waals surface area contributed by atoms with Crippen LogP contribution in [-0.2, 0) is 4.74 Å². The van der Waals surface area contributed by atoms with Crippen molar-refractivity contribution in [2.24, 2.45) is 0 Å². The van der Waals surface area contributed by atoms with E-state index >= 15 is 0 Å². The second kappa shape index (κ2) is 5.42. The average molecular weight is 311 g/mol. The molecular weight excluding hydrogens is 296 g/mol. The Bertz CT molecular complexity index is 647. The highest BCUT2D eigenvalue weighted by molar-refractivity contribution is 7.19. The van der Waals surface area contributed by atoms with Crippen molar-refractivity contribution in [2.45, 2.75) is 26.4 Å². The molecule has 106 valence electrons. The van der Waals surface area contributed by atoms with Gasteiger partial charge in [0.2, 0.25) is 0 Å². The number of halogens is 1. The van der Waals surface area contributed by atoms with Crippen LogP contribution in [0.15, 0.2) is 24.3 Å². The molecule has 0 aliphatic heterocycles. The Morgan fingerprint density at radius 1 is 1.35 bits per heavy atom. The number of anilines is 1. The van der Waals surface area contributed by atoms with Gasteiger partial charge in [0.25, 0.3) is 0 Å². The van der Waals surface area contributed by atoms with Gasteiger partial charge in [-0.1, -0.05) is 41.1 Å². The predicted octanol–water partition coefficient (Wildman–Crippen LogP) is 4.00. The fourth-order valence-electron chi connectivity index (χ4n) is 1.63. The summed E-state index contributed by atoms with van der Waals surface area (Å²) >= 11 is 7.38. The van der Waals surface area contributed by atoms with E-state index in [9.17, 15) is 4.79 Å². The second-order valence-corrected chi connectivity index (χ2v) is 6.65. The van der Waals surface area contributed by atoms with Gasteiger partial charge in [0, 0.05) is 10.6 Å². The summed E-state index contributed by atoms with van der Waals surface area (Å²) in [7, 11) is 0. The molecule has 0 saturated carbocycles. The molecule has 6 heteroatoms. The zero-order chi connectivity index (χ0) is 14.9. The maximum absolute atomic E-state index is 12.2. The van der Waals surface area contributed by atoms with Gasteiger partial charge < -0.3 is 10.5 Å². The number of esters is 1. The van der Waals surface area contributed by atoms with Crippen molar-refractivity contribution in [2.75, 3.05) is 5.73 Å². The number of aromatic nitrogens is 1. The number of carbonyl (C=O) groups is 1. The maximum atomic E-state index is 12.2. The van der Waals surface area contributed by atoms with E-state index < -0.39 is 11.6 Å². The number of ether oxygens (including phenoxy) is 1. The van der Waals surface area contributed by atoms with Gasteiger partial charge in [0.15, 0.2) is 10.8 Å². The van der Waals surface area contributed by atoms with Crippen LogP contribution in [0.3, 0.4) is 0 Å². The van der Waals surface area contributed by atoms with Gasteiger partial charge in [-0.05, 0) is 26.8 Å². The highest BCUT2D eigenvalue weighted by Crippen LogP contribution is 2.36. The van der Waals surface area contributed by atoms with E-state index in [0.717, 1.165) is 5.56 Å². The highest BCUT2D eigenvalue weighted by atomic mass is 35.5. The summed E-state index contributed by atoms with van der Waals surface area (Å²) in [5.74, 6) is -0.500. The largest absolute Gasteiger partial charge is 0.455 e. The normalized spacial score (nSPS) is 11.4. The number of hydrogen-bond donors (Lipinski definition) is 1. The van der Waals surface area contributed by atoms with Crippen LogP contribution in [0.5, 0.6) is 0 Å². The van der Waals surface area contributed by atoms with Gasteiger partial charge in [0.1, 0.15) is 5.60 Å². The minimum Gasteiger partial charge on any atom is -0.455 e. The lowest BCUT2D eigenvalue weighted by Crippen LogP contribution is -2.24. The van der Waals surface area contributed by atoms with Crippen molar-refractivity contribution >= 4 is 34.0 Å². The van der Waals surface area contributed by atoms with Crippen LogP contribution in [0, 0.1) is 0 Å². The first-order valence-electron chi connectivity index (χ1n) is 6.02. The van der Waals surface area contributed by atoms with Crippen molar-refractivity contribution in [3.8, 4) is 10.4 Å². The number of nitrogens with zero attached hydrogens (tertiary/aromatic N) is 1. The summed E-state index contributed by atoms with van der Waals surface area (Å²) in [6, 6.07) is 7.24. The Labute approximate surface area is 126 Å². The smallest absolute Gasteiger partial charge is 0.359 e. The Morgan fingerprint density at radius 3 is 2.60 bits per heavy atom. The van der Waals surface area contributed by atoms with Crippen LogP contribution in [0.2, 0.25) is 5.02 Å². The molecule has 0 aliphatic rings. The third-order valence-corrected chi connectivity index (χ3v) is 3.60. The zero-order valence-electron chi connectivity index (χ0n) is 11.4. The molecule has 0 radical (unpaired) electrons. The summed E-state index contributed by atoms with van der Waals surface area (Å²) in [6.45, 7) is 5.40. The number of benzene rings is 1. The van der Waals surface area contributed by atoms with Gasteiger partial charge >= 0.3 is 5.97 Å². The van der Waals surface area contributed by atoms with E-state index in [1.165, 1.54) is 11.3 Å². The molecule has 0 saturated heterocycles. The molecule has 1 aromatic heterocycles. The molecule has 0 atom stereocenters. The van der Waals surface area contributed by atoms with E-state index in [-0.39, 0.29) is 5.69 Å². The standard InChI is InChI=1S/C14H15ClN2O2S/c1-14(2,3)19-12(18)10-11(20-13(16)17-10)8-6-4-5-7-9(8)15/h4-7H,1-3H3,(H2,16,17). The second-order valence-electron chi connectivity index (χ2n) is 5.21. The molecule has 1 aromatic carbocycles. The van der Waals surface area contributed by atoms with Gasteiger partial charge in [0.05, 0.1) is 4.88 Å². The van der Waals surface area contributed by atoms with Crippen molar-refractivity contribution in [3.05, 3.63) is 35.0 Å². The number of thiazole rings is 1. The molecule has 1 heterocycles. The lowest BCUT2D eigenvalue weighted by atomic mass is 10.1. The maximum Gasteiger partial charge on any atom is 0.359 e. The van der Waals surface area contributed by atoms with Crippen LogP contribution < -0.4 is 5.73 Å². The van der Waals surface area contributed by atoms with Crippen molar-refractivity contribution < 1.29 is 9.53 Å². The SMILES string of the molecule is CC(C)(C)OC(=O)c1nc(N)sc1-c1ccccc1Cl. The van der Waals surface area contributed by atoms with Crippen LogP contribution >= 0.6 is 22.9 Å². The first-order valence-corrected chi connectivity index (χ1v) is 7.22.